The van der Waals surface area contributed by atoms with Crippen LogP contribution in [0.5, 0.6) is 0 Å². The van der Waals surface area contributed by atoms with Gasteiger partial charge in [0.05, 0.1) is 28.8 Å². The van der Waals surface area contributed by atoms with Gasteiger partial charge in [-0.05, 0) is 32.0 Å². The minimum Gasteiger partial charge on any atom is -0.465 e. The van der Waals surface area contributed by atoms with Gasteiger partial charge in [-0.3, -0.25) is 4.79 Å². The number of nitrogens with one attached hydrogen (secondary N) is 1. The van der Waals surface area contributed by atoms with E-state index in [-0.39, 0.29) is 12.5 Å². The van der Waals surface area contributed by atoms with Crippen molar-refractivity contribution in [3.05, 3.63) is 28.8 Å². The number of carbonyl (C=O) groups is 2. The second-order valence-corrected chi connectivity index (χ2v) is 5.14. The molecule has 0 heterocycles. The Morgan fingerprint density at radius 1 is 1.42 bits per heavy atom. The summed E-state index contributed by atoms with van der Waals surface area (Å²) in [4.78, 5) is 23.4. The summed E-state index contributed by atoms with van der Waals surface area (Å²) in [6, 6.07) is 4.52. The van der Waals surface area contributed by atoms with Gasteiger partial charge >= 0.3 is 5.97 Å². The second kappa shape index (κ2) is 6.04. The number of carbonyl (C=O) groups excluding carboxylic acids is 2. The van der Waals surface area contributed by atoms with Crippen LogP contribution in [0.4, 0.5) is 5.69 Å². The van der Waals surface area contributed by atoms with Crippen LogP contribution >= 0.6 is 11.6 Å². The fourth-order valence-electron chi connectivity index (χ4n) is 1.25. The Balaban J connectivity index is 3.01. The Bertz CT molecular complexity index is 501. The van der Waals surface area contributed by atoms with Crippen LogP contribution < -0.4 is 11.1 Å². The van der Waals surface area contributed by atoms with E-state index < -0.39 is 11.4 Å². The van der Waals surface area contributed by atoms with Gasteiger partial charge in [0, 0.05) is 6.54 Å². The largest absolute Gasteiger partial charge is 0.465 e. The summed E-state index contributed by atoms with van der Waals surface area (Å²) in [7, 11) is 1.28. The van der Waals surface area contributed by atoms with Crippen LogP contribution in [0.3, 0.4) is 0 Å². The van der Waals surface area contributed by atoms with Gasteiger partial charge in [-0.2, -0.15) is 0 Å². The summed E-state index contributed by atoms with van der Waals surface area (Å²) in [5, 5.41) is 3.00. The number of anilines is 1. The monoisotopic (exact) mass is 284 g/mol. The maximum absolute atomic E-state index is 12.0. The van der Waals surface area contributed by atoms with Crippen molar-refractivity contribution in [3.63, 3.8) is 0 Å². The van der Waals surface area contributed by atoms with Crippen LogP contribution in [0.25, 0.3) is 0 Å². The lowest BCUT2D eigenvalue weighted by Gasteiger charge is -2.21. The van der Waals surface area contributed by atoms with Crippen LogP contribution in [0.1, 0.15) is 24.2 Å². The minimum atomic E-state index is -0.718. The molecule has 104 valence electrons. The highest BCUT2D eigenvalue weighted by molar-refractivity contribution is 6.34. The van der Waals surface area contributed by atoms with E-state index in [4.69, 9.17) is 17.3 Å². The Labute approximate surface area is 117 Å². The number of benzene rings is 1. The van der Waals surface area contributed by atoms with E-state index in [9.17, 15) is 9.59 Å². The number of amides is 1. The van der Waals surface area contributed by atoms with Crippen molar-refractivity contribution in [2.24, 2.45) is 11.1 Å². The molecular formula is C13H17ClN2O3. The van der Waals surface area contributed by atoms with Gasteiger partial charge in [0.1, 0.15) is 0 Å². The molecule has 0 bridgehead atoms. The molecule has 0 aliphatic carbocycles. The summed E-state index contributed by atoms with van der Waals surface area (Å²) >= 11 is 5.98. The molecule has 0 aliphatic heterocycles. The highest BCUT2D eigenvalue weighted by Gasteiger charge is 2.26. The summed E-state index contributed by atoms with van der Waals surface area (Å²) in [5.41, 5.74) is 5.48. The van der Waals surface area contributed by atoms with Crippen molar-refractivity contribution in [1.82, 2.24) is 0 Å². The molecule has 19 heavy (non-hydrogen) atoms. The molecule has 6 heteroatoms. The predicted octanol–water partition coefficient (Wildman–Crippen LogP) is 2.05. The normalized spacial score (nSPS) is 11.0. The molecule has 1 rings (SSSR count). The van der Waals surface area contributed by atoms with Crippen LogP contribution in [-0.4, -0.2) is 25.5 Å². The number of ether oxygens (including phenoxy) is 1. The molecule has 0 atom stereocenters. The van der Waals surface area contributed by atoms with E-state index >= 15 is 0 Å². The predicted molar refractivity (Wildman–Crippen MR) is 74.3 cm³/mol. The number of hydrogen-bond donors (Lipinski definition) is 2. The fourth-order valence-corrected chi connectivity index (χ4v) is 1.41. The van der Waals surface area contributed by atoms with Crippen molar-refractivity contribution < 1.29 is 14.3 Å². The van der Waals surface area contributed by atoms with Crippen molar-refractivity contribution in [1.29, 1.82) is 0 Å². The van der Waals surface area contributed by atoms with Gasteiger partial charge in [-0.1, -0.05) is 11.6 Å². The Hall–Kier alpha value is -1.59. The molecule has 0 radical (unpaired) electrons. The van der Waals surface area contributed by atoms with Gasteiger partial charge in [0.2, 0.25) is 5.91 Å². The number of nitrogens with two attached hydrogens (primary N) is 1. The minimum absolute atomic E-state index is 0.202. The van der Waals surface area contributed by atoms with Crippen molar-refractivity contribution in [2.75, 3.05) is 19.0 Å². The molecule has 3 N–H and O–H groups in total. The Morgan fingerprint density at radius 3 is 2.58 bits per heavy atom. The average molecular weight is 285 g/mol. The van der Waals surface area contributed by atoms with E-state index in [1.165, 1.54) is 25.3 Å². The Kier molecular flexibility index (Phi) is 4.91. The number of halogens is 1. The van der Waals surface area contributed by atoms with Gasteiger partial charge in [0.25, 0.3) is 0 Å². The molecule has 1 aromatic carbocycles. The first-order valence-corrected chi connectivity index (χ1v) is 6.09. The molecule has 0 saturated carbocycles. The lowest BCUT2D eigenvalue weighted by molar-refractivity contribution is -0.123. The van der Waals surface area contributed by atoms with E-state index in [1.54, 1.807) is 13.8 Å². The van der Waals surface area contributed by atoms with E-state index in [0.29, 0.717) is 16.3 Å². The first kappa shape index (κ1) is 15.5. The van der Waals surface area contributed by atoms with Crippen molar-refractivity contribution in [2.45, 2.75) is 13.8 Å². The summed E-state index contributed by atoms with van der Waals surface area (Å²) in [6.07, 6.45) is 0. The summed E-state index contributed by atoms with van der Waals surface area (Å²) in [5.74, 6) is -0.760. The standard InChI is InChI=1S/C13H17ClN2O3/c1-13(2,7-15)12(18)16-10-6-8(11(17)19-3)4-5-9(10)14/h4-6H,7,15H2,1-3H3,(H,16,18). The molecule has 1 amide bonds. The second-order valence-electron chi connectivity index (χ2n) is 4.73. The highest BCUT2D eigenvalue weighted by atomic mass is 35.5. The average Bonchev–Trinajstić information content (AvgIpc) is 2.40. The molecule has 0 aliphatic rings. The number of methoxy groups -OCH3 is 1. The fraction of sp³-hybridized carbons (Fsp3) is 0.385. The molecule has 0 fully saturated rings. The topological polar surface area (TPSA) is 81.4 Å². The van der Waals surface area contributed by atoms with E-state index in [2.05, 4.69) is 10.1 Å². The zero-order chi connectivity index (χ0) is 14.6. The maximum Gasteiger partial charge on any atom is 0.337 e. The van der Waals surface area contributed by atoms with Crippen LogP contribution in [0.15, 0.2) is 18.2 Å². The van der Waals surface area contributed by atoms with E-state index in [0.717, 1.165) is 0 Å². The molecule has 0 spiro atoms. The molecular weight excluding hydrogens is 268 g/mol. The van der Waals surface area contributed by atoms with Crippen molar-refractivity contribution in [3.8, 4) is 0 Å². The Morgan fingerprint density at radius 2 is 2.05 bits per heavy atom. The first-order chi connectivity index (χ1) is 8.81. The third-order valence-electron chi connectivity index (χ3n) is 2.76. The molecule has 5 nitrogen and oxygen atoms in total. The van der Waals surface area contributed by atoms with Crippen molar-refractivity contribution >= 4 is 29.2 Å². The SMILES string of the molecule is COC(=O)c1ccc(Cl)c(NC(=O)C(C)(C)CN)c1. The smallest absolute Gasteiger partial charge is 0.337 e. The zero-order valence-corrected chi connectivity index (χ0v) is 11.9. The lowest BCUT2D eigenvalue weighted by Crippen LogP contribution is -2.37. The molecule has 0 aromatic heterocycles. The number of hydrogen-bond acceptors (Lipinski definition) is 4. The summed E-state index contributed by atoms with van der Waals surface area (Å²) in [6.45, 7) is 3.65. The quantitative estimate of drug-likeness (QED) is 0.829. The van der Waals surface area contributed by atoms with Gasteiger partial charge < -0.3 is 15.8 Å². The first-order valence-electron chi connectivity index (χ1n) is 5.71. The molecule has 0 saturated heterocycles. The number of esters is 1. The van der Waals surface area contributed by atoms with Gasteiger partial charge in [-0.15, -0.1) is 0 Å². The molecule has 0 unspecified atom stereocenters. The maximum atomic E-state index is 12.0. The van der Waals surface area contributed by atoms with Crippen LogP contribution in [-0.2, 0) is 9.53 Å². The zero-order valence-electron chi connectivity index (χ0n) is 11.1. The van der Waals surface area contributed by atoms with Crippen LogP contribution in [0, 0.1) is 5.41 Å². The van der Waals surface area contributed by atoms with Gasteiger partial charge in [-0.25, -0.2) is 4.79 Å². The highest BCUT2D eigenvalue weighted by Crippen LogP contribution is 2.25. The van der Waals surface area contributed by atoms with Crippen LogP contribution in [0.2, 0.25) is 5.02 Å². The van der Waals surface area contributed by atoms with Gasteiger partial charge in [0.15, 0.2) is 0 Å². The third-order valence-corrected chi connectivity index (χ3v) is 3.09. The lowest BCUT2D eigenvalue weighted by atomic mass is 9.92. The van der Waals surface area contributed by atoms with E-state index in [1.807, 2.05) is 0 Å². The summed E-state index contributed by atoms with van der Waals surface area (Å²) < 4.78 is 4.61. The third kappa shape index (κ3) is 3.68. The molecule has 1 aromatic rings. The number of rotatable bonds is 4.